The predicted molar refractivity (Wildman–Crippen MR) is 130 cm³/mol. The van der Waals surface area contributed by atoms with E-state index in [2.05, 4.69) is 20.4 Å². The Bertz CT molecular complexity index is 1470. The molecule has 34 heavy (non-hydrogen) atoms. The van der Waals surface area contributed by atoms with Crippen LogP contribution in [0.5, 0.6) is 5.75 Å². The van der Waals surface area contributed by atoms with Crippen LogP contribution in [0.3, 0.4) is 0 Å². The van der Waals surface area contributed by atoms with Crippen LogP contribution in [0.1, 0.15) is 15.9 Å². The lowest BCUT2D eigenvalue weighted by Gasteiger charge is -2.10. The average Bonchev–Trinajstić information content (AvgIpc) is 3.29. The van der Waals surface area contributed by atoms with Crippen molar-refractivity contribution < 1.29 is 9.53 Å². The molecular weight excluding hydrogens is 452 g/mol. The van der Waals surface area contributed by atoms with Gasteiger partial charge in [0.15, 0.2) is 11.5 Å². The van der Waals surface area contributed by atoms with Crippen molar-refractivity contribution in [2.45, 2.75) is 6.54 Å². The Kier molecular flexibility index (Phi) is 5.88. The summed E-state index contributed by atoms with van der Waals surface area (Å²) in [4.78, 5) is 26.6. The highest BCUT2D eigenvalue weighted by molar-refractivity contribution is 6.31. The minimum atomic E-state index is -0.312. The van der Waals surface area contributed by atoms with Gasteiger partial charge in [-0.1, -0.05) is 35.9 Å². The van der Waals surface area contributed by atoms with Gasteiger partial charge >= 0.3 is 0 Å². The quantitative estimate of drug-likeness (QED) is 0.381. The second kappa shape index (κ2) is 9.29. The lowest BCUT2D eigenvalue weighted by molar-refractivity contribution is 0.102. The summed E-state index contributed by atoms with van der Waals surface area (Å²) in [6.07, 6.45) is 3.30. The number of halogens is 1. The van der Waals surface area contributed by atoms with Gasteiger partial charge in [0, 0.05) is 16.8 Å². The van der Waals surface area contributed by atoms with E-state index in [1.165, 1.54) is 0 Å². The van der Waals surface area contributed by atoms with Crippen LogP contribution in [-0.2, 0) is 6.54 Å². The molecule has 0 aliphatic carbocycles. The third-order valence-corrected chi connectivity index (χ3v) is 5.62. The summed E-state index contributed by atoms with van der Waals surface area (Å²) >= 11 is 6.36. The van der Waals surface area contributed by atoms with E-state index < -0.39 is 0 Å². The fourth-order valence-corrected chi connectivity index (χ4v) is 3.68. The number of fused-ring (bicyclic) bond motifs is 1. The maximum Gasteiger partial charge on any atom is 0.256 e. The third kappa shape index (κ3) is 4.31. The van der Waals surface area contributed by atoms with Gasteiger partial charge in [0.05, 0.1) is 25.2 Å². The number of nitrogens with one attached hydrogen (secondary N) is 1. The summed E-state index contributed by atoms with van der Waals surface area (Å²) in [6.45, 7) is 0.410. The molecule has 5 rings (SSSR count). The Balaban J connectivity index is 1.57. The molecule has 1 amide bonds. The van der Waals surface area contributed by atoms with Crippen molar-refractivity contribution in [3.8, 4) is 17.3 Å². The van der Waals surface area contributed by atoms with Gasteiger partial charge in [-0.15, -0.1) is 0 Å². The van der Waals surface area contributed by atoms with Gasteiger partial charge in [-0.3, -0.25) is 9.78 Å². The molecule has 0 atom stereocenters. The van der Waals surface area contributed by atoms with Gasteiger partial charge in [0.2, 0.25) is 0 Å². The van der Waals surface area contributed by atoms with Crippen molar-refractivity contribution in [2.24, 2.45) is 0 Å². The van der Waals surface area contributed by atoms with Crippen LogP contribution in [0, 0.1) is 0 Å². The molecule has 8 nitrogen and oxygen atoms in total. The van der Waals surface area contributed by atoms with Crippen LogP contribution in [0.4, 0.5) is 5.82 Å². The first kappa shape index (κ1) is 21.5. The zero-order chi connectivity index (χ0) is 23.5. The Morgan fingerprint density at radius 1 is 1.03 bits per heavy atom. The molecule has 0 aliphatic rings. The molecule has 0 aliphatic heterocycles. The molecule has 0 radical (unpaired) electrons. The number of nitrogens with zero attached hydrogens (tertiary/aromatic N) is 5. The monoisotopic (exact) mass is 470 g/mol. The summed E-state index contributed by atoms with van der Waals surface area (Å²) in [5.41, 5.74) is 2.50. The predicted octanol–water partition coefficient (Wildman–Crippen LogP) is 4.85. The molecule has 0 saturated heterocycles. The van der Waals surface area contributed by atoms with Crippen LogP contribution in [0.2, 0.25) is 5.02 Å². The number of benzene rings is 2. The van der Waals surface area contributed by atoms with Gasteiger partial charge in [-0.2, -0.15) is 5.10 Å². The van der Waals surface area contributed by atoms with Crippen LogP contribution in [-0.4, -0.2) is 37.7 Å². The molecule has 3 aromatic heterocycles. The lowest BCUT2D eigenvalue weighted by atomic mass is 10.2. The van der Waals surface area contributed by atoms with E-state index >= 15 is 0 Å². The molecular formula is C25H19ClN6O2. The van der Waals surface area contributed by atoms with E-state index in [1.807, 2.05) is 42.5 Å². The number of rotatable bonds is 6. The first-order valence-corrected chi connectivity index (χ1v) is 10.8. The fraction of sp³-hybridized carbons (Fsp3) is 0.0800. The number of pyridine rings is 1. The maximum absolute atomic E-state index is 13.0. The Morgan fingerprint density at radius 2 is 1.82 bits per heavy atom. The zero-order valence-electron chi connectivity index (χ0n) is 18.1. The normalized spacial score (nSPS) is 10.9. The molecule has 9 heteroatoms. The van der Waals surface area contributed by atoms with E-state index in [9.17, 15) is 4.79 Å². The number of carbonyl (C=O) groups is 1. The Labute approximate surface area is 200 Å². The number of methoxy groups -OCH3 is 1. The van der Waals surface area contributed by atoms with Crippen molar-refractivity contribution >= 4 is 34.4 Å². The number of ether oxygens (including phenoxy) is 1. The molecule has 3 heterocycles. The van der Waals surface area contributed by atoms with Gasteiger partial charge in [0.25, 0.3) is 5.91 Å². The Hall–Kier alpha value is -4.30. The summed E-state index contributed by atoms with van der Waals surface area (Å²) < 4.78 is 6.90. The number of aromatic nitrogens is 5. The van der Waals surface area contributed by atoms with Gasteiger partial charge in [0.1, 0.15) is 17.3 Å². The molecule has 0 spiro atoms. The van der Waals surface area contributed by atoms with Gasteiger partial charge < -0.3 is 10.1 Å². The van der Waals surface area contributed by atoms with E-state index in [1.54, 1.807) is 48.5 Å². The Morgan fingerprint density at radius 3 is 2.56 bits per heavy atom. The van der Waals surface area contributed by atoms with Crippen LogP contribution in [0.25, 0.3) is 22.6 Å². The maximum atomic E-state index is 13.0. The topological polar surface area (TPSA) is 94.8 Å². The molecule has 5 aromatic rings. The van der Waals surface area contributed by atoms with Crippen LogP contribution >= 0.6 is 11.6 Å². The summed E-state index contributed by atoms with van der Waals surface area (Å²) in [5.74, 6) is 1.07. The van der Waals surface area contributed by atoms with Crippen molar-refractivity contribution in [3.05, 3.63) is 95.3 Å². The van der Waals surface area contributed by atoms with Gasteiger partial charge in [-0.05, 0) is 48.0 Å². The summed E-state index contributed by atoms with van der Waals surface area (Å²) in [7, 11) is 1.58. The lowest BCUT2D eigenvalue weighted by Crippen LogP contribution is -2.14. The van der Waals surface area contributed by atoms with Crippen molar-refractivity contribution in [3.63, 3.8) is 0 Å². The minimum absolute atomic E-state index is 0.312. The van der Waals surface area contributed by atoms with Gasteiger partial charge in [-0.25, -0.2) is 14.6 Å². The van der Waals surface area contributed by atoms with E-state index in [4.69, 9.17) is 21.3 Å². The molecule has 2 aromatic carbocycles. The molecule has 0 unspecified atom stereocenters. The number of hydrogen-bond donors (Lipinski definition) is 1. The molecule has 1 N–H and O–H groups in total. The third-order valence-electron chi connectivity index (χ3n) is 5.25. The van der Waals surface area contributed by atoms with E-state index in [-0.39, 0.29) is 5.91 Å². The highest BCUT2D eigenvalue weighted by Crippen LogP contribution is 2.26. The second-order valence-corrected chi connectivity index (χ2v) is 7.83. The smallest absolute Gasteiger partial charge is 0.256 e. The van der Waals surface area contributed by atoms with Crippen LogP contribution < -0.4 is 10.1 Å². The number of carbonyl (C=O) groups excluding carboxylic acids is 1. The van der Waals surface area contributed by atoms with E-state index in [0.29, 0.717) is 51.2 Å². The standard InChI is InChI=1S/C25H19ClN6O2/c1-34-18-11-9-16(10-12-18)25(33)31-22-19-14-28-32(15-17-6-2-3-7-20(17)26)24(19)30-23(29-22)21-8-4-5-13-27-21/h2-14H,15H2,1H3,(H,29,30,31,33). The summed E-state index contributed by atoms with van der Waals surface area (Å²) in [6, 6.07) is 19.9. The first-order chi connectivity index (χ1) is 16.6. The highest BCUT2D eigenvalue weighted by atomic mass is 35.5. The zero-order valence-corrected chi connectivity index (χ0v) is 18.9. The second-order valence-electron chi connectivity index (χ2n) is 7.42. The SMILES string of the molecule is COc1ccc(C(=O)Nc2nc(-c3ccccn3)nc3c2cnn3Cc2ccccc2Cl)cc1. The van der Waals surface area contributed by atoms with Crippen molar-refractivity contribution in [2.75, 3.05) is 12.4 Å². The largest absolute Gasteiger partial charge is 0.497 e. The molecule has 0 saturated carbocycles. The molecule has 0 bridgehead atoms. The summed E-state index contributed by atoms with van der Waals surface area (Å²) in [5, 5.41) is 8.64. The van der Waals surface area contributed by atoms with Crippen LogP contribution in [0.15, 0.2) is 79.1 Å². The number of hydrogen-bond acceptors (Lipinski definition) is 6. The number of anilines is 1. The molecule has 168 valence electrons. The highest BCUT2D eigenvalue weighted by Gasteiger charge is 2.18. The minimum Gasteiger partial charge on any atom is -0.497 e. The average molecular weight is 471 g/mol. The molecule has 0 fully saturated rings. The first-order valence-electron chi connectivity index (χ1n) is 10.5. The fourth-order valence-electron chi connectivity index (χ4n) is 3.49. The van der Waals surface area contributed by atoms with E-state index in [0.717, 1.165) is 5.56 Å². The van der Waals surface area contributed by atoms with Crippen molar-refractivity contribution in [1.82, 2.24) is 24.7 Å². The number of amides is 1. The van der Waals surface area contributed by atoms with Crippen molar-refractivity contribution in [1.29, 1.82) is 0 Å².